The molecule has 0 atom stereocenters. The second kappa shape index (κ2) is 7.93. The van der Waals surface area contributed by atoms with Crippen LogP contribution in [-0.4, -0.2) is 20.7 Å². The molecule has 2 aromatic heterocycles. The summed E-state index contributed by atoms with van der Waals surface area (Å²) in [6, 6.07) is 16.9. The van der Waals surface area contributed by atoms with E-state index in [0.717, 1.165) is 16.9 Å². The van der Waals surface area contributed by atoms with Gasteiger partial charge in [-0.25, -0.2) is 9.67 Å². The second-order valence-electron chi connectivity index (χ2n) is 6.60. The molecule has 2 heterocycles. The first-order chi connectivity index (χ1) is 14.0. The maximum Gasteiger partial charge on any atom is 0.255 e. The molecule has 4 rings (SSSR count). The van der Waals surface area contributed by atoms with Gasteiger partial charge in [-0.1, -0.05) is 41.9 Å². The van der Waals surface area contributed by atoms with E-state index < -0.39 is 0 Å². The molecule has 0 unspecified atom stereocenters. The number of nitrogens with zero attached hydrogens (tertiary/aromatic N) is 3. The van der Waals surface area contributed by atoms with Gasteiger partial charge in [0, 0.05) is 23.7 Å². The van der Waals surface area contributed by atoms with Crippen molar-refractivity contribution in [3.63, 3.8) is 0 Å². The van der Waals surface area contributed by atoms with Gasteiger partial charge in [0.05, 0.1) is 23.5 Å². The first-order valence-corrected chi connectivity index (χ1v) is 9.51. The van der Waals surface area contributed by atoms with Gasteiger partial charge in [-0.2, -0.15) is 5.10 Å². The van der Waals surface area contributed by atoms with Crippen LogP contribution in [0.4, 0.5) is 0 Å². The van der Waals surface area contributed by atoms with E-state index in [4.69, 9.17) is 16.0 Å². The Hall–Kier alpha value is -3.38. The van der Waals surface area contributed by atoms with Crippen molar-refractivity contribution in [1.29, 1.82) is 0 Å². The summed E-state index contributed by atoms with van der Waals surface area (Å²) in [5.74, 6) is 0.968. The molecular formula is C22H19ClN4O2. The van der Waals surface area contributed by atoms with Crippen LogP contribution in [-0.2, 0) is 6.54 Å². The minimum absolute atomic E-state index is 0.245. The lowest BCUT2D eigenvalue weighted by Crippen LogP contribution is -2.23. The fourth-order valence-electron chi connectivity index (χ4n) is 3.07. The van der Waals surface area contributed by atoms with Gasteiger partial charge in [-0.05, 0) is 31.2 Å². The number of amides is 1. The number of nitrogens with one attached hydrogen (secondary N) is 1. The zero-order valence-electron chi connectivity index (χ0n) is 16.0. The van der Waals surface area contributed by atoms with Crippen LogP contribution in [0, 0.1) is 13.8 Å². The lowest BCUT2D eigenvalue weighted by atomic mass is 10.1. The number of aromatic nitrogens is 3. The zero-order chi connectivity index (χ0) is 20.4. The van der Waals surface area contributed by atoms with Gasteiger partial charge in [0.2, 0.25) is 0 Å². The SMILES string of the molecule is Cc1nc(C)c(CNC(=O)c2cn(-c3ccccc3)nc2-c2ccc(Cl)cc2)o1. The molecule has 0 radical (unpaired) electrons. The maximum atomic E-state index is 13.0. The molecule has 29 heavy (non-hydrogen) atoms. The van der Waals surface area contributed by atoms with Crippen LogP contribution in [0.25, 0.3) is 16.9 Å². The second-order valence-corrected chi connectivity index (χ2v) is 7.04. The molecule has 0 bridgehead atoms. The summed E-state index contributed by atoms with van der Waals surface area (Å²) in [6.07, 6.45) is 1.73. The minimum Gasteiger partial charge on any atom is -0.444 e. The van der Waals surface area contributed by atoms with Crippen LogP contribution in [0.1, 0.15) is 27.7 Å². The van der Waals surface area contributed by atoms with Crippen LogP contribution >= 0.6 is 11.6 Å². The molecule has 6 nitrogen and oxygen atoms in total. The summed E-state index contributed by atoms with van der Waals surface area (Å²) in [5, 5.41) is 8.18. The largest absolute Gasteiger partial charge is 0.444 e. The number of para-hydroxylation sites is 1. The molecule has 4 aromatic rings. The number of aryl methyl sites for hydroxylation is 2. The van der Waals surface area contributed by atoms with E-state index in [9.17, 15) is 4.79 Å². The van der Waals surface area contributed by atoms with Crippen LogP contribution in [0.15, 0.2) is 65.2 Å². The average molecular weight is 407 g/mol. The summed E-state index contributed by atoms with van der Waals surface area (Å²) in [5.41, 5.74) is 3.48. The predicted octanol–water partition coefficient (Wildman–Crippen LogP) is 4.73. The number of rotatable bonds is 5. The lowest BCUT2D eigenvalue weighted by Gasteiger charge is -2.04. The molecular weight excluding hydrogens is 388 g/mol. The van der Waals surface area contributed by atoms with Gasteiger partial charge < -0.3 is 9.73 Å². The van der Waals surface area contributed by atoms with Gasteiger partial charge in [-0.15, -0.1) is 0 Å². The summed E-state index contributed by atoms with van der Waals surface area (Å²) in [6.45, 7) is 3.88. The molecule has 7 heteroatoms. The van der Waals surface area contributed by atoms with E-state index in [1.165, 1.54) is 0 Å². The van der Waals surface area contributed by atoms with Crippen LogP contribution < -0.4 is 5.32 Å². The summed E-state index contributed by atoms with van der Waals surface area (Å²) >= 11 is 6.02. The van der Waals surface area contributed by atoms with Crippen molar-refractivity contribution in [2.24, 2.45) is 0 Å². The van der Waals surface area contributed by atoms with Gasteiger partial charge in [0.1, 0.15) is 11.5 Å². The highest BCUT2D eigenvalue weighted by Crippen LogP contribution is 2.25. The lowest BCUT2D eigenvalue weighted by molar-refractivity contribution is 0.0948. The van der Waals surface area contributed by atoms with E-state index in [1.807, 2.05) is 49.4 Å². The average Bonchev–Trinajstić information content (AvgIpc) is 3.30. The minimum atomic E-state index is -0.245. The maximum absolute atomic E-state index is 13.0. The Morgan fingerprint density at radius 3 is 2.48 bits per heavy atom. The molecule has 0 aliphatic rings. The molecule has 0 spiro atoms. The normalized spacial score (nSPS) is 10.9. The highest BCUT2D eigenvalue weighted by Gasteiger charge is 2.19. The number of oxazole rings is 1. The number of carbonyl (C=O) groups excluding carboxylic acids is 1. The summed E-state index contributed by atoms with van der Waals surface area (Å²) in [7, 11) is 0. The molecule has 2 aromatic carbocycles. The Balaban J connectivity index is 1.68. The fraction of sp³-hybridized carbons (Fsp3) is 0.136. The van der Waals surface area contributed by atoms with E-state index in [2.05, 4.69) is 15.4 Å². The predicted molar refractivity (Wildman–Crippen MR) is 111 cm³/mol. The number of hydrogen-bond donors (Lipinski definition) is 1. The molecule has 0 fully saturated rings. The van der Waals surface area contributed by atoms with Crippen molar-refractivity contribution >= 4 is 17.5 Å². The van der Waals surface area contributed by atoms with Crippen LogP contribution in [0.3, 0.4) is 0 Å². The van der Waals surface area contributed by atoms with E-state index in [-0.39, 0.29) is 12.5 Å². The van der Waals surface area contributed by atoms with Gasteiger partial charge in [0.25, 0.3) is 5.91 Å². The molecule has 1 amide bonds. The molecule has 146 valence electrons. The fourth-order valence-corrected chi connectivity index (χ4v) is 3.19. The summed E-state index contributed by atoms with van der Waals surface area (Å²) < 4.78 is 7.24. The zero-order valence-corrected chi connectivity index (χ0v) is 16.8. The number of benzene rings is 2. The van der Waals surface area contributed by atoms with E-state index in [1.54, 1.807) is 29.9 Å². The third-order valence-corrected chi connectivity index (χ3v) is 4.76. The monoisotopic (exact) mass is 406 g/mol. The van der Waals surface area contributed by atoms with Gasteiger partial charge in [0.15, 0.2) is 5.89 Å². The van der Waals surface area contributed by atoms with Crippen LogP contribution in [0.2, 0.25) is 5.02 Å². The molecule has 0 saturated carbocycles. The Morgan fingerprint density at radius 1 is 1.10 bits per heavy atom. The highest BCUT2D eigenvalue weighted by molar-refractivity contribution is 6.30. The third-order valence-electron chi connectivity index (χ3n) is 4.51. The van der Waals surface area contributed by atoms with Crippen molar-refractivity contribution < 1.29 is 9.21 Å². The van der Waals surface area contributed by atoms with Crippen molar-refractivity contribution in [1.82, 2.24) is 20.1 Å². The highest BCUT2D eigenvalue weighted by atomic mass is 35.5. The van der Waals surface area contributed by atoms with Crippen molar-refractivity contribution in [2.75, 3.05) is 0 Å². The molecule has 0 aliphatic heterocycles. The Kier molecular flexibility index (Phi) is 5.18. The van der Waals surface area contributed by atoms with E-state index in [0.29, 0.717) is 27.9 Å². The van der Waals surface area contributed by atoms with Crippen molar-refractivity contribution in [2.45, 2.75) is 20.4 Å². The Bertz CT molecular complexity index is 1150. The molecule has 1 N–H and O–H groups in total. The Labute approximate surface area is 173 Å². The quantitative estimate of drug-likeness (QED) is 0.520. The van der Waals surface area contributed by atoms with Gasteiger partial charge >= 0.3 is 0 Å². The van der Waals surface area contributed by atoms with Crippen molar-refractivity contribution in [3.05, 3.63) is 88.7 Å². The molecule has 0 saturated heterocycles. The topological polar surface area (TPSA) is 73.0 Å². The standard InChI is InChI=1S/C22H19ClN4O2/c1-14-20(29-15(2)25-14)12-24-22(28)19-13-27(18-6-4-3-5-7-18)26-21(19)16-8-10-17(23)11-9-16/h3-11,13H,12H2,1-2H3,(H,24,28). The first kappa shape index (κ1) is 19.0. The third kappa shape index (κ3) is 4.07. The number of hydrogen-bond acceptors (Lipinski definition) is 4. The van der Waals surface area contributed by atoms with Crippen molar-refractivity contribution in [3.8, 4) is 16.9 Å². The number of halogens is 1. The van der Waals surface area contributed by atoms with Crippen LogP contribution in [0.5, 0.6) is 0 Å². The van der Waals surface area contributed by atoms with Gasteiger partial charge in [-0.3, -0.25) is 4.79 Å². The number of carbonyl (C=O) groups is 1. The smallest absolute Gasteiger partial charge is 0.255 e. The molecule has 0 aliphatic carbocycles. The summed E-state index contributed by atoms with van der Waals surface area (Å²) in [4.78, 5) is 17.2. The Morgan fingerprint density at radius 2 is 1.83 bits per heavy atom. The first-order valence-electron chi connectivity index (χ1n) is 9.13. The van der Waals surface area contributed by atoms with E-state index >= 15 is 0 Å².